The molecule has 0 aromatic carbocycles. The van der Waals surface area contributed by atoms with Crippen molar-refractivity contribution in [3.8, 4) is 0 Å². The molecule has 0 rings (SSSR count). The van der Waals surface area contributed by atoms with Gasteiger partial charge >= 0.3 is 5.97 Å². The fraction of sp³-hybridized carbons (Fsp3) is 0.444. The van der Waals surface area contributed by atoms with E-state index in [1.165, 1.54) is 6.26 Å². The first kappa shape index (κ1) is 11.7. The SMILES string of the molecule is C=COC(C)OC(C)OC(=O)C=C. The number of ether oxygens (including phenoxy) is 3. The molecule has 0 saturated heterocycles. The molecular formula is C9H14O4. The molecule has 0 spiro atoms. The number of hydrogen-bond donors (Lipinski definition) is 0. The molecule has 0 aromatic rings. The van der Waals surface area contributed by atoms with Gasteiger partial charge in [-0.3, -0.25) is 0 Å². The van der Waals surface area contributed by atoms with E-state index >= 15 is 0 Å². The van der Waals surface area contributed by atoms with Crippen LogP contribution < -0.4 is 0 Å². The highest BCUT2D eigenvalue weighted by Crippen LogP contribution is 2.01. The van der Waals surface area contributed by atoms with Gasteiger partial charge in [-0.2, -0.15) is 0 Å². The highest BCUT2D eigenvalue weighted by molar-refractivity contribution is 5.81. The standard InChI is InChI=1S/C9H14O4/c1-5-9(10)13-8(4)12-7(3)11-6-2/h5-8H,1-2H2,3-4H3. The van der Waals surface area contributed by atoms with Gasteiger partial charge in [-0.25, -0.2) is 4.79 Å². The van der Waals surface area contributed by atoms with Crippen LogP contribution in [0.25, 0.3) is 0 Å². The topological polar surface area (TPSA) is 44.8 Å². The molecule has 0 N–H and O–H groups in total. The molecule has 0 aliphatic rings. The first-order chi connectivity index (χ1) is 6.10. The van der Waals surface area contributed by atoms with Crippen LogP contribution in [0.1, 0.15) is 13.8 Å². The Morgan fingerprint density at radius 2 is 1.92 bits per heavy atom. The lowest BCUT2D eigenvalue weighted by Gasteiger charge is -2.17. The van der Waals surface area contributed by atoms with E-state index in [2.05, 4.69) is 13.2 Å². The first-order valence-electron chi connectivity index (χ1n) is 3.85. The zero-order valence-corrected chi connectivity index (χ0v) is 7.86. The highest BCUT2D eigenvalue weighted by atomic mass is 16.8. The number of rotatable bonds is 6. The zero-order valence-electron chi connectivity index (χ0n) is 7.86. The van der Waals surface area contributed by atoms with E-state index in [1.54, 1.807) is 13.8 Å². The molecule has 0 aliphatic carbocycles. The summed E-state index contributed by atoms with van der Waals surface area (Å²) in [6.45, 7) is 9.86. The molecule has 4 nitrogen and oxygen atoms in total. The van der Waals surface area contributed by atoms with E-state index < -0.39 is 18.5 Å². The van der Waals surface area contributed by atoms with Crippen LogP contribution in [-0.4, -0.2) is 18.5 Å². The Morgan fingerprint density at radius 3 is 2.38 bits per heavy atom. The Labute approximate surface area is 77.8 Å². The molecule has 74 valence electrons. The van der Waals surface area contributed by atoms with Crippen molar-refractivity contribution >= 4 is 5.97 Å². The lowest BCUT2D eigenvalue weighted by molar-refractivity contribution is -0.212. The summed E-state index contributed by atoms with van der Waals surface area (Å²) in [6.07, 6.45) is 1.16. The molecule has 2 unspecified atom stereocenters. The van der Waals surface area contributed by atoms with Crippen LogP contribution in [0.2, 0.25) is 0 Å². The monoisotopic (exact) mass is 186 g/mol. The van der Waals surface area contributed by atoms with Gasteiger partial charge < -0.3 is 14.2 Å². The number of carbonyl (C=O) groups excluding carboxylic acids is 1. The second kappa shape index (κ2) is 6.25. The van der Waals surface area contributed by atoms with E-state index in [0.29, 0.717) is 0 Å². The maximum absolute atomic E-state index is 10.7. The van der Waals surface area contributed by atoms with Crippen molar-refractivity contribution in [1.29, 1.82) is 0 Å². The van der Waals surface area contributed by atoms with Gasteiger partial charge in [-0.15, -0.1) is 0 Å². The van der Waals surface area contributed by atoms with Gasteiger partial charge in [0.25, 0.3) is 0 Å². The predicted molar refractivity (Wildman–Crippen MR) is 47.6 cm³/mol. The summed E-state index contributed by atoms with van der Waals surface area (Å²) in [5.41, 5.74) is 0. The zero-order chi connectivity index (χ0) is 10.3. The second-order valence-electron chi connectivity index (χ2n) is 2.22. The third-order valence-electron chi connectivity index (χ3n) is 1.12. The molecule has 13 heavy (non-hydrogen) atoms. The van der Waals surface area contributed by atoms with Crippen molar-refractivity contribution < 1.29 is 19.0 Å². The van der Waals surface area contributed by atoms with Crippen molar-refractivity contribution in [3.63, 3.8) is 0 Å². The van der Waals surface area contributed by atoms with Crippen molar-refractivity contribution in [3.05, 3.63) is 25.5 Å². The molecule has 0 saturated carbocycles. The fourth-order valence-corrected chi connectivity index (χ4v) is 0.677. The van der Waals surface area contributed by atoms with Crippen LogP contribution in [0.15, 0.2) is 25.5 Å². The van der Waals surface area contributed by atoms with Crippen molar-refractivity contribution in [2.75, 3.05) is 0 Å². The Bertz CT molecular complexity index is 188. The van der Waals surface area contributed by atoms with Crippen LogP contribution >= 0.6 is 0 Å². The summed E-state index contributed by atoms with van der Waals surface area (Å²) in [4.78, 5) is 10.7. The van der Waals surface area contributed by atoms with Crippen LogP contribution in [0, 0.1) is 0 Å². The van der Waals surface area contributed by atoms with E-state index in [1.807, 2.05) is 0 Å². The normalized spacial score (nSPS) is 14.0. The number of esters is 1. The summed E-state index contributed by atoms with van der Waals surface area (Å²) in [5.74, 6) is -0.529. The quantitative estimate of drug-likeness (QED) is 0.273. The van der Waals surface area contributed by atoms with Crippen LogP contribution in [0.3, 0.4) is 0 Å². The molecule has 0 radical (unpaired) electrons. The van der Waals surface area contributed by atoms with E-state index in [0.717, 1.165) is 6.08 Å². The van der Waals surface area contributed by atoms with E-state index in [-0.39, 0.29) is 0 Å². The summed E-state index contributed by atoms with van der Waals surface area (Å²) in [7, 11) is 0. The lowest BCUT2D eigenvalue weighted by Crippen LogP contribution is -2.22. The Hall–Kier alpha value is -1.29. The van der Waals surface area contributed by atoms with E-state index in [9.17, 15) is 4.79 Å². The number of hydrogen-bond acceptors (Lipinski definition) is 4. The van der Waals surface area contributed by atoms with E-state index in [4.69, 9.17) is 14.2 Å². The van der Waals surface area contributed by atoms with Crippen molar-refractivity contribution in [2.24, 2.45) is 0 Å². The number of carbonyl (C=O) groups is 1. The molecule has 0 bridgehead atoms. The lowest BCUT2D eigenvalue weighted by atomic mass is 10.6. The second-order valence-corrected chi connectivity index (χ2v) is 2.22. The van der Waals surface area contributed by atoms with Gasteiger partial charge in [-0.05, 0) is 13.8 Å². The van der Waals surface area contributed by atoms with Crippen molar-refractivity contribution in [2.45, 2.75) is 26.4 Å². The van der Waals surface area contributed by atoms with Crippen molar-refractivity contribution in [1.82, 2.24) is 0 Å². The minimum Gasteiger partial charge on any atom is -0.473 e. The average molecular weight is 186 g/mol. The molecule has 2 atom stereocenters. The molecular weight excluding hydrogens is 172 g/mol. The third-order valence-corrected chi connectivity index (χ3v) is 1.12. The highest BCUT2D eigenvalue weighted by Gasteiger charge is 2.10. The van der Waals surface area contributed by atoms with Gasteiger partial charge in [0, 0.05) is 6.08 Å². The summed E-state index contributed by atoms with van der Waals surface area (Å²) < 4.78 is 14.7. The molecule has 0 aromatic heterocycles. The van der Waals surface area contributed by atoms with Crippen LogP contribution in [0.5, 0.6) is 0 Å². The maximum atomic E-state index is 10.7. The van der Waals surface area contributed by atoms with Gasteiger partial charge in [0.2, 0.25) is 6.29 Å². The molecule has 0 aliphatic heterocycles. The molecule has 4 heteroatoms. The minimum absolute atomic E-state index is 0.495. The average Bonchev–Trinajstić information content (AvgIpc) is 2.04. The Balaban J connectivity index is 3.72. The molecule has 0 amide bonds. The Kier molecular flexibility index (Phi) is 5.63. The third kappa shape index (κ3) is 5.93. The van der Waals surface area contributed by atoms with Crippen LogP contribution in [-0.2, 0) is 19.0 Å². The molecule has 0 heterocycles. The molecule has 0 fully saturated rings. The fourth-order valence-electron chi connectivity index (χ4n) is 0.677. The minimum atomic E-state index is -0.666. The van der Waals surface area contributed by atoms with Gasteiger partial charge in [0.05, 0.1) is 6.26 Å². The summed E-state index contributed by atoms with van der Waals surface area (Å²) >= 11 is 0. The van der Waals surface area contributed by atoms with Crippen LogP contribution in [0.4, 0.5) is 0 Å². The Morgan fingerprint density at radius 1 is 1.31 bits per heavy atom. The maximum Gasteiger partial charge on any atom is 0.332 e. The first-order valence-corrected chi connectivity index (χ1v) is 3.85. The predicted octanol–water partition coefficient (Wildman–Crippen LogP) is 1.58. The summed E-state index contributed by atoms with van der Waals surface area (Å²) in [6, 6.07) is 0. The summed E-state index contributed by atoms with van der Waals surface area (Å²) in [5, 5.41) is 0. The van der Waals surface area contributed by atoms with Gasteiger partial charge in [0.1, 0.15) is 0 Å². The van der Waals surface area contributed by atoms with Gasteiger partial charge in [0.15, 0.2) is 6.29 Å². The largest absolute Gasteiger partial charge is 0.473 e. The smallest absolute Gasteiger partial charge is 0.332 e. The van der Waals surface area contributed by atoms with Gasteiger partial charge in [-0.1, -0.05) is 13.2 Å².